The Kier molecular flexibility index (Phi) is 5.28. The van der Waals surface area contributed by atoms with Gasteiger partial charge in [0.05, 0.1) is 19.1 Å². The molecular formula is C23H22FNO5. The predicted molar refractivity (Wildman–Crippen MR) is 107 cm³/mol. The lowest BCUT2D eigenvalue weighted by molar-refractivity contribution is -0.136. The molecule has 2 saturated heterocycles. The number of rotatable bonds is 5. The highest BCUT2D eigenvalue weighted by Gasteiger charge is 2.43. The molecule has 2 atom stereocenters. The fourth-order valence-electron chi connectivity index (χ4n) is 4.57. The molecule has 2 bridgehead atoms. The Bertz CT molecular complexity index is 1020. The number of hydrogen-bond donors (Lipinski definition) is 1. The lowest BCUT2D eigenvalue weighted by Gasteiger charge is -2.34. The van der Waals surface area contributed by atoms with Gasteiger partial charge < -0.3 is 14.7 Å². The average molecular weight is 411 g/mol. The highest BCUT2D eigenvalue weighted by molar-refractivity contribution is 5.98. The van der Waals surface area contributed by atoms with Crippen LogP contribution in [0.2, 0.25) is 0 Å². The van der Waals surface area contributed by atoms with Crippen LogP contribution in [0.1, 0.15) is 41.6 Å². The van der Waals surface area contributed by atoms with Crippen LogP contribution in [0.4, 0.5) is 4.39 Å². The van der Waals surface area contributed by atoms with Gasteiger partial charge in [0.1, 0.15) is 17.3 Å². The Morgan fingerprint density at radius 2 is 1.73 bits per heavy atom. The zero-order valence-electron chi connectivity index (χ0n) is 16.6. The SMILES string of the molecule is COc1ccc(-c2ccc(F)c(C(=O)N3[C@@H]4CC[C@@H]3CC(=O)C4)c2)cc1CC(=O)O. The van der Waals surface area contributed by atoms with Crippen molar-refractivity contribution < 1.29 is 28.6 Å². The van der Waals surface area contributed by atoms with E-state index in [-0.39, 0.29) is 29.9 Å². The van der Waals surface area contributed by atoms with Gasteiger partial charge in [0, 0.05) is 30.5 Å². The van der Waals surface area contributed by atoms with Crippen LogP contribution in [0.3, 0.4) is 0 Å². The summed E-state index contributed by atoms with van der Waals surface area (Å²) in [6.07, 6.45) is 1.98. The molecule has 0 radical (unpaired) electrons. The largest absolute Gasteiger partial charge is 0.496 e. The molecule has 1 amide bonds. The molecule has 2 aromatic rings. The molecule has 7 heteroatoms. The van der Waals surface area contributed by atoms with E-state index in [0.29, 0.717) is 35.3 Å². The van der Waals surface area contributed by atoms with Crippen LogP contribution in [0.25, 0.3) is 11.1 Å². The smallest absolute Gasteiger partial charge is 0.307 e. The van der Waals surface area contributed by atoms with Gasteiger partial charge >= 0.3 is 5.97 Å². The van der Waals surface area contributed by atoms with Crippen molar-refractivity contribution in [1.82, 2.24) is 4.90 Å². The number of benzene rings is 2. The molecular weight excluding hydrogens is 389 g/mol. The first kappa shape index (κ1) is 20.1. The molecule has 0 saturated carbocycles. The van der Waals surface area contributed by atoms with Gasteiger partial charge in [-0.15, -0.1) is 0 Å². The first-order chi connectivity index (χ1) is 14.4. The van der Waals surface area contributed by atoms with Crippen molar-refractivity contribution in [3.05, 3.63) is 53.3 Å². The van der Waals surface area contributed by atoms with Crippen LogP contribution in [-0.2, 0) is 16.0 Å². The number of nitrogens with zero attached hydrogens (tertiary/aromatic N) is 1. The highest BCUT2D eigenvalue weighted by atomic mass is 19.1. The molecule has 2 aromatic carbocycles. The molecule has 2 fully saturated rings. The van der Waals surface area contributed by atoms with E-state index in [4.69, 9.17) is 9.84 Å². The summed E-state index contributed by atoms with van der Waals surface area (Å²) in [7, 11) is 1.46. The van der Waals surface area contributed by atoms with E-state index >= 15 is 0 Å². The minimum absolute atomic E-state index is 0.0330. The summed E-state index contributed by atoms with van der Waals surface area (Å²) >= 11 is 0. The molecule has 2 heterocycles. The third kappa shape index (κ3) is 3.67. The van der Waals surface area contributed by atoms with E-state index in [2.05, 4.69) is 0 Å². The Labute approximate surface area is 173 Å². The Morgan fingerprint density at radius 1 is 1.10 bits per heavy atom. The maximum Gasteiger partial charge on any atom is 0.307 e. The van der Waals surface area contributed by atoms with Gasteiger partial charge in [0.15, 0.2) is 0 Å². The number of carboxylic acid groups (broad SMARTS) is 1. The second kappa shape index (κ2) is 7.89. The lowest BCUT2D eigenvalue weighted by Crippen LogP contribution is -2.47. The van der Waals surface area contributed by atoms with Gasteiger partial charge in [-0.25, -0.2) is 4.39 Å². The minimum atomic E-state index is -0.990. The van der Waals surface area contributed by atoms with E-state index in [1.807, 2.05) is 0 Å². The number of carbonyl (C=O) groups excluding carboxylic acids is 2. The van der Waals surface area contributed by atoms with Crippen LogP contribution in [0.15, 0.2) is 36.4 Å². The summed E-state index contributed by atoms with van der Waals surface area (Å²) in [5.74, 6) is -1.39. The Morgan fingerprint density at radius 3 is 2.37 bits per heavy atom. The van der Waals surface area contributed by atoms with Gasteiger partial charge in [-0.2, -0.15) is 0 Å². The summed E-state index contributed by atoms with van der Waals surface area (Å²) < 4.78 is 19.8. The normalized spacial score (nSPS) is 20.3. The van der Waals surface area contributed by atoms with Crippen molar-refractivity contribution in [3.8, 4) is 16.9 Å². The summed E-state index contributed by atoms with van der Waals surface area (Å²) in [6.45, 7) is 0. The number of carboxylic acids is 1. The number of aliphatic carboxylic acids is 1. The lowest BCUT2D eigenvalue weighted by atomic mass is 9.97. The molecule has 156 valence electrons. The maximum atomic E-state index is 14.6. The number of fused-ring (bicyclic) bond motifs is 2. The molecule has 0 aliphatic carbocycles. The highest BCUT2D eigenvalue weighted by Crippen LogP contribution is 2.36. The first-order valence-corrected chi connectivity index (χ1v) is 9.90. The fraction of sp³-hybridized carbons (Fsp3) is 0.348. The van der Waals surface area contributed by atoms with Gasteiger partial charge in [0.25, 0.3) is 5.91 Å². The van der Waals surface area contributed by atoms with Gasteiger partial charge in [0.2, 0.25) is 0 Å². The number of amides is 1. The van der Waals surface area contributed by atoms with E-state index < -0.39 is 17.7 Å². The van der Waals surface area contributed by atoms with E-state index in [9.17, 15) is 18.8 Å². The van der Waals surface area contributed by atoms with Crippen molar-refractivity contribution >= 4 is 17.7 Å². The van der Waals surface area contributed by atoms with Crippen LogP contribution in [0.5, 0.6) is 5.75 Å². The van der Waals surface area contributed by atoms with E-state index in [0.717, 1.165) is 12.8 Å². The van der Waals surface area contributed by atoms with Crippen molar-refractivity contribution in [2.24, 2.45) is 0 Å². The van der Waals surface area contributed by atoms with Crippen LogP contribution in [0, 0.1) is 5.82 Å². The fourth-order valence-corrected chi connectivity index (χ4v) is 4.57. The van der Waals surface area contributed by atoms with Gasteiger partial charge in [-0.05, 0) is 48.2 Å². The van der Waals surface area contributed by atoms with Crippen molar-refractivity contribution in [3.63, 3.8) is 0 Å². The molecule has 30 heavy (non-hydrogen) atoms. The third-order valence-electron chi connectivity index (χ3n) is 5.93. The van der Waals surface area contributed by atoms with Crippen LogP contribution >= 0.6 is 0 Å². The van der Waals surface area contributed by atoms with E-state index in [1.54, 1.807) is 29.2 Å². The molecule has 0 aromatic heterocycles. The molecule has 2 aliphatic rings. The summed E-state index contributed by atoms with van der Waals surface area (Å²) in [4.78, 5) is 37.8. The minimum Gasteiger partial charge on any atom is -0.496 e. The van der Waals surface area contributed by atoms with E-state index in [1.165, 1.54) is 19.2 Å². The van der Waals surface area contributed by atoms with Gasteiger partial charge in [-0.1, -0.05) is 12.1 Å². The topological polar surface area (TPSA) is 83.9 Å². The average Bonchev–Trinajstić information content (AvgIpc) is 2.98. The molecule has 2 aliphatic heterocycles. The summed E-state index contributed by atoms with van der Waals surface area (Å²) in [5.41, 5.74) is 1.73. The zero-order valence-corrected chi connectivity index (χ0v) is 16.6. The van der Waals surface area contributed by atoms with Crippen LogP contribution < -0.4 is 4.74 Å². The number of piperidine rings is 1. The zero-order chi connectivity index (χ0) is 21.4. The second-order valence-corrected chi connectivity index (χ2v) is 7.84. The molecule has 0 spiro atoms. The van der Waals surface area contributed by atoms with Gasteiger partial charge in [-0.3, -0.25) is 14.4 Å². The number of carbonyl (C=O) groups is 3. The molecule has 4 rings (SSSR count). The maximum absolute atomic E-state index is 14.6. The number of halogens is 1. The quantitative estimate of drug-likeness (QED) is 0.815. The number of hydrogen-bond acceptors (Lipinski definition) is 4. The Balaban J connectivity index is 1.68. The standard InChI is InChI=1S/C23H22FNO5/c1-30-21-7-3-13(8-15(21)10-22(27)28)14-2-6-20(24)19(9-14)23(29)25-16-4-5-17(25)12-18(26)11-16/h2-3,6-9,16-17H,4-5,10-12H2,1H3,(H,27,28)/t16-,17-/m1/s1. The monoisotopic (exact) mass is 411 g/mol. The number of ether oxygens (including phenoxy) is 1. The van der Waals surface area contributed by atoms with Crippen molar-refractivity contribution in [1.29, 1.82) is 0 Å². The number of methoxy groups -OCH3 is 1. The first-order valence-electron chi connectivity index (χ1n) is 9.90. The third-order valence-corrected chi connectivity index (χ3v) is 5.93. The predicted octanol–water partition coefficient (Wildman–Crippen LogP) is 3.46. The molecule has 0 unspecified atom stereocenters. The molecule has 1 N–H and O–H groups in total. The number of Topliss-reactive ketones (excluding diaryl/α,β-unsaturated/α-hetero) is 1. The van der Waals surface area contributed by atoms with Crippen molar-refractivity contribution in [2.75, 3.05) is 7.11 Å². The summed E-state index contributed by atoms with van der Waals surface area (Å²) in [6, 6.07) is 9.08. The number of ketones is 1. The second-order valence-electron chi connectivity index (χ2n) is 7.84. The molecule has 6 nitrogen and oxygen atoms in total. The van der Waals surface area contributed by atoms with Crippen molar-refractivity contribution in [2.45, 2.75) is 44.2 Å². The summed E-state index contributed by atoms with van der Waals surface area (Å²) in [5, 5.41) is 9.14. The Hall–Kier alpha value is -3.22. The van der Waals surface area contributed by atoms with Crippen LogP contribution in [-0.4, -0.2) is 46.9 Å².